The van der Waals surface area contributed by atoms with Crippen LogP contribution >= 0.6 is 0 Å². The Morgan fingerprint density at radius 2 is 1.88 bits per heavy atom. The average Bonchev–Trinajstić information content (AvgIpc) is 3.02. The van der Waals surface area contributed by atoms with Gasteiger partial charge in [0.1, 0.15) is 17.7 Å². The van der Waals surface area contributed by atoms with Crippen molar-refractivity contribution in [2.45, 2.75) is 24.3 Å². The predicted octanol–water partition coefficient (Wildman–Crippen LogP) is 1.67. The smallest absolute Gasteiger partial charge is 0.254 e. The van der Waals surface area contributed by atoms with Gasteiger partial charge in [-0.2, -0.15) is 4.31 Å². The molecule has 0 aliphatic carbocycles. The highest BCUT2D eigenvalue weighted by atomic mass is 32.2. The van der Waals surface area contributed by atoms with Crippen LogP contribution in [0.15, 0.2) is 46.1 Å². The van der Waals surface area contributed by atoms with E-state index < -0.39 is 15.8 Å². The number of benzene rings is 1. The summed E-state index contributed by atoms with van der Waals surface area (Å²) in [5.41, 5.74) is 0.583. The number of hydrogen-bond acceptors (Lipinski definition) is 4. The molecule has 2 aromatic rings. The lowest BCUT2D eigenvalue weighted by Gasteiger charge is -2.17. The number of nitrogens with zero attached hydrogens (tertiary/aromatic N) is 2. The summed E-state index contributed by atoms with van der Waals surface area (Å²) in [5, 5.41) is 0. The van der Waals surface area contributed by atoms with Gasteiger partial charge in [-0.15, -0.1) is 0 Å². The first-order chi connectivity index (χ1) is 11.8. The molecule has 3 rings (SSSR count). The van der Waals surface area contributed by atoms with Crippen molar-refractivity contribution in [3.63, 3.8) is 0 Å². The maximum Gasteiger partial charge on any atom is 0.254 e. The van der Waals surface area contributed by atoms with E-state index in [0.29, 0.717) is 18.7 Å². The minimum atomic E-state index is -3.68. The summed E-state index contributed by atoms with van der Waals surface area (Å²) in [4.78, 5) is 11.9. The van der Waals surface area contributed by atoms with Crippen LogP contribution in [0.2, 0.25) is 0 Å². The Labute approximate surface area is 145 Å². The fraction of sp³-hybridized carbons (Fsp3) is 0.353. The fourth-order valence-electron chi connectivity index (χ4n) is 2.77. The van der Waals surface area contributed by atoms with Crippen molar-refractivity contribution in [3.05, 3.63) is 58.3 Å². The molecule has 1 aromatic carbocycles. The summed E-state index contributed by atoms with van der Waals surface area (Å²) in [5.74, 6) is -0.0470. The second kappa shape index (κ2) is 6.61. The summed E-state index contributed by atoms with van der Waals surface area (Å²) in [6.07, 6.45) is 0.191. The Morgan fingerprint density at radius 3 is 2.52 bits per heavy atom. The summed E-state index contributed by atoms with van der Waals surface area (Å²) in [6, 6.07) is 7.90. The number of aryl methyl sites for hydroxylation is 1. The summed E-state index contributed by atoms with van der Waals surface area (Å²) in [7, 11) is -2.01. The Morgan fingerprint density at radius 1 is 1.20 bits per heavy atom. The van der Waals surface area contributed by atoms with E-state index in [-0.39, 0.29) is 23.1 Å². The van der Waals surface area contributed by atoms with Gasteiger partial charge >= 0.3 is 0 Å². The molecule has 0 N–H and O–H groups in total. The molecule has 8 heteroatoms. The normalized spacial score (nSPS) is 18.4. The SMILES string of the molecule is Cc1cc(OC2CCN(S(=O)(=O)c3ccc(F)cc3)C2)cc(=O)n1C. The van der Waals surface area contributed by atoms with Gasteiger partial charge in [-0.3, -0.25) is 4.79 Å². The number of halogens is 1. The van der Waals surface area contributed by atoms with Crippen LogP contribution in [0, 0.1) is 12.7 Å². The Balaban J connectivity index is 1.73. The first kappa shape index (κ1) is 17.6. The molecule has 1 fully saturated rings. The van der Waals surface area contributed by atoms with Crippen molar-refractivity contribution in [1.82, 2.24) is 8.87 Å². The summed E-state index contributed by atoms with van der Waals surface area (Å²) in [6.45, 7) is 2.30. The highest BCUT2D eigenvalue weighted by molar-refractivity contribution is 7.89. The number of pyridine rings is 1. The molecule has 1 aliphatic heterocycles. The summed E-state index contributed by atoms with van der Waals surface area (Å²) < 4.78 is 46.8. The number of ether oxygens (including phenoxy) is 1. The second-order valence-corrected chi connectivity index (χ2v) is 8.01. The van der Waals surface area contributed by atoms with Gasteiger partial charge in [-0.1, -0.05) is 0 Å². The Bertz CT molecular complexity index is 938. The molecule has 1 aromatic heterocycles. The predicted molar refractivity (Wildman–Crippen MR) is 90.6 cm³/mol. The molecule has 0 radical (unpaired) electrons. The van der Waals surface area contributed by atoms with Crippen molar-refractivity contribution in [2.24, 2.45) is 7.05 Å². The molecule has 1 saturated heterocycles. The topological polar surface area (TPSA) is 68.6 Å². The van der Waals surface area contributed by atoms with Crippen molar-refractivity contribution < 1.29 is 17.5 Å². The van der Waals surface area contributed by atoms with Crippen LogP contribution in [-0.4, -0.2) is 36.5 Å². The molecular weight excluding hydrogens is 347 g/mol. The first-order valence-electron chi connectivity index (χ1n) is 7.87. The highest BCUT2D eigenvalue weighted by Gasteiger charge is 2.33. The summed E-state index contributed by atoms with van der Waals surface area (Å²) >= 11 is 0. The second-order valence-electron chi connectivity index (χ2n) is 6.08. The lowest BCUT2D eigenvalue weighted by molar-refractivity contribution is 0.214. The number of hydrogen-bond donors (Lipinski definition) is 0. The fourth-order valence-corrected chi connectivity index (χ4v) is 4.25. The molecule has 2 heterocycles. The molecule has 1 atom stereocenters. The third-order valence-corrected chi connectivity index (χ3v) is 6.22. The maximum atomic E-state index is 13.0. The Kier molecular flexibility index (Phi) is 4.66. The van der Waals surface area contributed by atoms with E-state index in [1.54, 1.807) is 20.0 Å². The molecule has 0 bridgehead atoms. The van der Waals surface area contributed by atoms with Gasteiger partial charge in [0.05, 0.1) is 11.4 Å². The van der Waals surface area contributed by atoms with E-state index in [0.717, 1.165) is 17.8 Å². The van der Waals surface area contributed by atoms with E-state index in [2.05, 4.69) is 0 Å². The van der Waals surface area contributed by atoms with Crippen LogP contribution in [-0.2, 0) is 17.1 Å². The molecule has 25 heavy (non-hydrogen) atoms. The molecular formula is C17H19FN2O4S. The zero-order valence-corrected chi connectivity index (χ0v) is 14.8. The van der Waals surface area contributed by atoms with Crippen molar-refractivity contribution in [1.29, 1.82) is 0 Å². The van der Waals surface area contributed by atoms with Crippen molar-refractivity contribution in [3.8, 4) is 5.75 Å². The van der Waals surface area contributed by atoms with Gasteiger partial charge in [0.25, 0.3) is 5.56 Å². The molecule has 1 aliphatic rings. The van der Waals surface area contributed by atoms with Crippen LogP contribution in [0.1, 0.15) is 12.1 Å². The molecule has 0 spiro atoms. The van der Waals surface area contributed by atoms with E-state index in [4.69, 9.17) is 4.74 Å². The number of sulfonamides is 1. The molecule has 6 nitrogen and oxygen atoms in total. The van der Waals surface area contributed by atoms with Gasteiger partial charge in [-0.25, -0.2) is 12.8 Å². The largest absolute Gasteiger partial charge is 0.489 e. The Hall–Kier alpha value is -2.19. The first-order valence-corrected chi connectivity index (χ1v) is 9.31. The zero-order chi connectivity index (χ0) is 18.2. The molecule has 0 amide bonds. The van der Waals surface area contributed by atoms with Gasteiger partial charge < -0.3 is 9.30 Å². The van der Waals surface area contributed by atoms with Gasteiger partial charge in [0.15, 0.2) is 0 Å². The molecule has 134 valence electrons. The standard InChI is InChI=1S/C17H19FN2O4S/c1-12-9-15(10-17(21)19(12)2)24-14-7-8-20(11-14)25(22,23)16-5-3-13(18)4-6-16/h3-6,9-10,14H,7-8,11H2,1-2H3. The number of rotatable bonds is 4. The van der Waals surface area contributed by atoms with Crippen molar-refractivity contribution >= 4 is 10.0 Å². The zero-order valence-electron chi connectivity index (χ0n) is 14.0. The van der Waals surface area contributed by atoms with Gasteiger partial charge in [-0.05, 0) is 43.7 Å². The lowest BCUT2D eigenvalue weighted by atomic mass is 10.3. The van der Waals surface area contributed by atoms with Crippen LogP contribution in [0.4, 0.5) is 4.39 Å². The highest BCUT2D eigenvalue weighted by Crippen LogP contribution is 2.24. The van der Waals surface area contributed by atoms with E-state index >= 15 is 0 Å². The van der Waals surface area contributed by atoms with E-state index in [9.17, 15) is 17.6 Å². The quantitative estimate of drug-likeness (QED) is 0.826. The third kappa shape index (κ3) is 3.59. The van der Waals surface area contributed by atoms with Gasteiger partial charge in [0.2, 0.25) is 10.0 Å². The monoisotopic (exact) mass is 366 g/mol. The average molecular weight is 366 g/mol. The lowest BCUT2D eigenvalue weighted by Crippen LogP contribution is -2.31. The molecule has 0 saturated carbocycles. The van der Waals surface area contributed by atoms with Crippen LogP contribution in [0.5, 0.6) is 5.75 Å². The van der Waals surface area contributed by atoms with Crippen LogP contribution < -0.4 is 10.3 Å². The third-order valence-electron chi connectivity index (χ3n) is 4.34. The number of aromatic nitrogens is 1. The van der Waals surface area contributed by atoms with Crippen LogP contribution in [0.3, 0.4) is 0 Å². The van der Waals surface area contributed by atoms with Gasteiger partial charge in [0, 0.05) is 25.4 Å². The van der Waals surface area contributed by atoms with E-state index in [1.165, 1.54) is 27.1 Å². The maximum absolute atomic E-state index is 13.0. The minimum absolute atomic E-state index is 0.0546. The van der Waals surface area contributed by atoms with Crippen LogP contribution in [0.25, 0.3) is 0 Å². The minimum Gasteiger partial charge on any atom is -0.489 e. The molecule has 1 unspecified atom stereocenters. The van der Waals surface area contributed by atoms with Crippen molar-refractivity contribution in [2.75, 3.05) is 13.1 Å². The van der Waals surface area contributed by atoms with E-state index in [1.807, 2.05) is 0 Å².